The zero-order valence-corrected chi connectivity index (χ0v) is 18.0. The van der Waals surface area contributed by atoms with E-state index in [2.05, 4.69) is 10.5 Å². The summed E-state index contributed by atoms with van der Waals surface area (Å²) in [5, 5.41) is 21.2. The lowest BCUT2D eigenvalue weighted by atomic mass is 9.89. The summed E-state index contributed by atoms with van der Waals surface area (Å²) in [6, 6.07) is 1.27. The maximum Gasteiger partial charge on any atom is 0.389 e. The monoisotopic (exact) mass is 454 g/mol. The highest BCUT2D eigenvalue weighted by Gasteiger charge is 2.42. The number of rotatable bonds is 8. The molecule has 0 aliphatic heterocycles. The second kappa shape index (κ2) is 8.74. The molecule has 0 atom stereocenters. The van der Waals surface area contributed by atoms with Crippen LogP contribution in [0.3, 0.4) is 0 Å². The Morgan fingerprint density at radius 3 is 2.30 bits per heavy atom. The molecule has 0 aliphatic carbocycles. The fourth-order valence-corrected chi connectivity index (χ4v) is 3.52. The number of nitrogens with zero attached hydrogens (tertiary/aromatic N) is 1. The molecule has 0 radical (unpaired) electrons. The number of aromatic nitrogens is 1. The van der Waals surface area contributed by atoms with Crippen LogP contribution >= 0.6 is 0 Å². The number of alkyl halides is 3. The van der Waals surface area contributed by atoms with Crippen molar-refractivity contribution in [2.24, 2.45) is 0 Å². The van der Waals surface area contributed by atoms with Crippen molar-refractivity contribution in [2.75, 3.05) is 11.1 Å². The molecule has 0 fully saturated rings. The number of carbonyl (C=O) groups excluding carboxylic acids is 1. The number of hydrogen-bond acceptors (Lipinski definition) is 8. The highest BCUT2D eigenvalue weighted by molar-refractivity contribution is 7.93. The Morgan fingerprint density at radius 1 is 1.23 bits per heavy atom. The van der Waals surface area contributed by atoms with E-state index in [-0.39, 0.29) is 23.4 Å². The maximum absolute atomic E-state index is 12.5. The van der Waals surface area contributed by atoms with Gasteiger partial charge in [0.25, 0.3) is 0 Å². The summed E-state index contributed by atoms with van der Waals surface area (Å²) >= 11 is 0. The Bertz CT molecular complexity index is 920. The normalized spacial score (nSPS) is 13.1. The quantitative estimate of drug-likeness (QED) is 0.405. The number of nitrogens with one attached hydrogen (secondary N) is 3. The van der Waals surface area contributed by atoms with E-state index in [9.17, 15) is 26.4 Å². The Labute approximate surface area is 172 Å². The second-order valence-corrected chi connectivity index (χ2v) is 10.3. The molecule has 3 N–H and O–H groups in total. The number of ether oxygens (including phenoxy) is 1. The fraction of sp³-hybridized carbons (Fsp3) is 0.647. The van der Waals surface area contributed by atoms with Crippen LogP contribution in [0, 0.1) is 10.8 Å². The third-order valence-electron chi connectivity index (χ3n) is 4.41. The van der Waals surface area contributed by atoms with E-state index in [1.807, 2.05) is 0 Å². The van der Waals surface area contributed by atoms with Crippen molar-refractivity contribution in [2.45, 2.75) is 63.8 Å². The van der Waals surface area contributed by atoms with Gasteiger partial charge < -0.3 is 9.26 Å². The van der Waals surface area contributed by atoms with E-state index < -0.39 is 50.7 Å². The Hall–Kier alpha value is -2.44. The summed E-state index contributed by atoms with van der Waals surface area (Å²) in [6.45, 7) is 6.65. The van der Waals surface area contributed by atoms with Crippen molar-refractivity contribution >= 4 is 33.4 Å². The molecular weight excluding hydrogens is 429 g/mol. The lowest BCUT2D eigenvalue weighted by Gasteiger charge is -2.23. The molecule has 0 aromatic carbocycles. The van der Waals surface area contributed by atoms with Gasteiger partial charge in [-0.15, -0.1) is 0 Å². The number of amides is 1. The van der Waals surface area contributed by atoms with Gasteiger partial charge in [-0.2, -0.15) is 13.2 Å². The van der Waals surface area contributed by atoms with Crippen LogP contribution in [0.15, 0.2) is 10.6 Å². The van der Waals surface area contributed by atoms with Crippen molar-refractivity contribution in [1.82, 2.24) is 5.16 Å². The molecule has 0 saturated carbocycles. The molecule has 30 heavy (non-hydrogen) atoms. The Morgan fingerprint density at radius 2 is 1.80 bits per heavy atom. The molecule has 0 saturated heterocycles. The molecule has 9 nitrogen and oxygen atoms in total. The number of sulfone groups is 1. The minimum absolute atomic E-state index is 0.176. The first-order valence-corrected chi connectivity index (χ1v) is 10.4. The number of anilines is 1. The van der Waals surface area contributed by atoms with Crippen LogP contribution in [0.5, 0.6) is 0 Å². The molecule has 0 aliphatic rings. The lowest BCUT2D eigenvalue weighted by molar-refractivity contribution is -0.134. The first-order valence-electron chi connectivity index (χ1n) is 8.80. The summed E-state index contributed by atoms with van der Waals surface area (Å²) < 4.78 is 69.5. The van der Waals surface area contributed by atoms with Crippen molar-refractivity contribution in [3.05, 3.63) is 11.8 Å². The van der Waals surface area contributed by atoms with E-state index in [1.165, 1.54) is 13.0 Å². The first kappa shape index (κ1) is 25.6. The molecule has 0 unspecified atom stereocenters. The highest BCUT2D eigenvalue weighted by atomic mass is 32.2. The zero-order chi connectivity index (χ0) is 23.5. The first-order chi connectivity index (χ1) is 13.4. The van der Waals surface area contributed by atoms with E-state index in [0.717, 1.165) is 13.8 Å². The molecule has 0 bridgehead atoms. The van der Waals surface area contributed by atoms with Gasteiger partial charge in [-0.25, -0.2) is 8.42 Å². The van der Waals surface area contributed by atoms with Crippen molar-refractivity contribution in [1.29, 1.82) is 10.8 Å². The van der Waals surface area contributed by atoms with Gasteiger partial charge in [0.15, 0.2) is 15.7 Å². The predicted octanol–water partition coefficient (Wildman–Crippen LogP) is 3.42. The predicted molar refractivity (Wildman–Crippen MR) is 104 cm³/mol. The number of halogens is 3. The standard InChI is InChI=1S/C17H25F3N4O5S/c1-10(21)28-13(22)15(2,3)11-9-12(29-24-11)23-14(25)16(4,5)30(26,27)8-6-7-17(18,19)20/h9,21-22H,6-8H2,1-5H3,(H,23,25). The molecule has 0 spiro atoms. The molecule has 1 rings (SSSR count). The SMILES string of the molecule is CC(=N)OC(=N)C(C)(C)c1cc(NC(=O)C(C)(C)S(=O)(=O)CCCC(F)(F)F)on1. The maximum atomic E-state index is 12.5. The molecule has 13 heteroatoms. The van der Waals surface area contributed by atoms with Gasteiger partial charge in [-0.1, -0.05) is 5.16 Å². The van der Waals surface area contributed by atoms with Gasteiger partial charge in [0.1, 0.15) is 10.4 Å². The third-order valence-corrected chi connectivity index (χ3v) is 6.97. The molecule has 1 aromatic rings. The van der Waals surface area contributed by atoms with E-state index in [0.29, 0.717) is 0 Å². The summed E-state index contributed by atoms with van der Waals surface area (Å²) in [7, 11) is -4.20. The van der Waals surface area contributed by atoms with Crippen LogP contribution in [0.1, 0.15) is 53.2 Å². The lowest BCUT2D eigenvalue weighted by Crippen LogP contribution is -2.45. The topological polar surface area (TPSA) is 146 Å². The summed E-state index contributed by atoms with van der Waals surface area (Å²) in [6.07, 6.45) is -6.41. The summed E-state index contributed by atoms with van der Waals surface area (Å²) in [5.74, 6) is -2.52. The summed E-state index contributed by atoms with van der Waals surface area (Å²) in [4.78, 5) is 12.5. The fourth-order valence-electron chi connectivity index (χ4n) is 2.15. The second-order valence-electron chi connectivity index (χ2n) is 7.69. The Balaban J connectivity index is 2.92. The van der Waals surface area contributed by atoms with Gasteiger partial charge in [-0.05, 0) is 34.1 Å². The van der Waals surface area contributed by atoms with Crippen LogP contribution in [0.4, 0.5) is 19.1 Å². The number of carbonyl (C=O) groups is 1. The van der Waals surface area contributed by atoms with E-state index in [1.54, 1.807) is 13.8 Å². The van der Waals surface area contributed by atoms with Gasteiger partial charge >= 0.3 is 6.18 Å². The minimum atomic E-state index is -4.49. The van der Waals surface area contributed by atoms with Crippen molar-refractivity contribution < 1.29 is 35.6 Å². The molecule has 1 amide bonds. The minimum Gasteiger partial charge on any atom is -0.429 e. The third kappa shape index (κ3) is 6.28. The van der Waals surface area contributed by atoms with E-state index in [4.69, 9.17) is 20.1 Å². The van der Waals surface area contributed by atoms with Crippen LogP contribution < -0.4 is 5.32 Å². The number of hydrogen-bond donors (Lipinski definition) is 3. The van der Waals surface area contributed by atoms with E-state index >= 15 is 0 Å². The van der Waals surface area contributed by atoms with Crippen LogP contribution in [0.25, 0.3) is 0 Å². The average Bonchev–Trinajstić information content (AvgIpc) is 3.01. The summed E-state index contributed by atoms with van der Waals surface area (Å²) in [5.41, 5.74) is -0.941. The zero-order valence-electron chi connectivity index (χ0n) is 17.2. The largest absolute Gasteiger partial charge is 0.429 e. The van der Waals surface area contributed by atoms with Gasteiger partial charge in [0.05, 0.1) is 11.2 Å². The Kier molecular flexibility index (Phi) is 7.46. The molecule has 170 valence electrons. The van der Waals surface area contributed by atoms with Crippen LogP contribution in [0.2, 0.25) is 0 Å². The average molecular weight is 454 g/mol. The van der Waals surface area contributed by atoms with Crippen molar-refractivity contribution in [3.8, 4) is 0 Å². The smallest absolute Gasteiger partial charge is 0.389 e. The van der Waals surface area contributed by atoms with Gasteiger partial charge in [0, 0.05) is 19.4 Å². The molecular formula is C17H25F3N4O5S. The molecule has 1 aromatic heterocycles. The highest BCUT2D eigenvalue weighted by Crippen LogP contribution is 2.28. The van der Waals surface area contributed by atoms with Gasteiger partial charge in [-0.3, -0.25) is 20.9 Å². The van der Waals surface area contributed by atoms with Crippen LogP contribution in [-0.2, 0) is 24.8 Å². The molecule has 1 heterocycles. The van der Waals surface area contributed by atoms with Crippen LogP contribution in [-0.4, -0.2) is 48.0 Å². The van der Waals surface area contributed by atoms with Gasteiger partial charge in [0.2, 0.25) is 17.7 Å². The van der Waals surface area contributed by atoms with Crippen molar-refractivity contribution in [3.63, 3.8) is 0 Å².